The molecule has 2 aromatic carbocycles. The lowest BCUT2D eigenvalue weighted by atomic mass is 10.1. The van der Waals surface area contributed by atoms with Gasteiger partial charge in [-0.1, -0.05) is 17.7 Å². The number of aromatic nitrogens is 2. The number of fused-ring (bicyclic) bond motifs is 1. The van der Waals surface area contributed by atoms with E-state index < -0.39 is 17.2 Å². The highest BCUT2D eigenvalue weighted by atomic mass is 35.5. The van der Waals surface area contributed by atoms with Crippen molar-refractivity contribution in [2.75, 3.05) is 12.4 Å². The number of anilines is 1. The average molecular weight is 470 g/mol. The van der Waals surface area contributed by atoms with Gasteiger partial charge in [-0.15, -0.1) is 11.3 Å². The maximum Gasteiger partial charge on any atom is 0.336 e. The van der Waals surface area contributed by atoms with Gasteiger partial charge in [0, 0.05) is 5.02 Å². The van der Waals surface area contributed by atoms with Crippen molar-refractivity contribution >= 4 is 44.7 Å². The third kappa shape index (κ3) is 3.94. The maximum atomic E-state index is 13.4. The summed E-state index contributed by atoms with van der Waals surface area (Å²) in [5.41, 5.74) is 2.28. The SMILES string of the molecule is COc1ccc(Cl)cc1NC(=O)Cn1c(=O)n(-c2ccc(C)c(C)c2)c(=O)c2sccc21. The van der Waals surface area contributed by atoms with Gasteiger partial charge in [0.25, 0.3) is 5.56 Å². The molecule has 1 amide bonds. The molecule has 0 aliphatic rings. The van der Waals surface area contributed by atoms with Crippen LogP contribution in [-0.2, 0) is 11.3 Å². The number of carbonyl (C=O) groups is 1. The summed E-state index contributed by atoms with van der Waals surface area (Å²) in [7, 11) is 1.48. The molecule has 164 valence electrons. The third-order valence-electron chi connectivity index (χ3n) is 5.24. The molecule has 0 bridgehead atoms. The standard InChI is InChI=1S/C23H20ClN3O4S/c1-13-4-6-16(10-14(13)2)27-22(29)21-18(8-9-32-21)26(23(27)30)12-20(28)25-17-11-15(24)5-7-19(17)31-3/h4-11H,12H2,1-3H3,(H,25,28). The van der Waals surface area contributed by atoms with Crippen molar-refractivity contribution < 1.29 is 9.53 Å². The summed E-state index contributed by atoms with van der Waals surface area (Å²) in [5.74, 6) is -0.0127. The van der Waals surface area contributed by atoms with Crippen LogP contribution < -0.4 is 21.3 Å². The normalized spacial score (nSPS) is 11.0. The third-order valence-corrected chi connectivity index (χ3v) is 6.37. The van der Waals surface area contributed by atoms with Gasteiger partial charge in [-0.2, -0.15) is 0 Å². The molecule has 0 spiro atoms. The zero-order valence-electron chi connectivity index (χ0n) is 17.6. The molecule has 2 aromatic heterocycles. The van der Waals surface area contributed by atoms with Gasteiger partial charge in [0.2, 0.25) is 5.91 Å². The highest BCUT2D eigenvalue weighted by Gasteiger charge is 2.18. The summed E-state index contributed by atoms with van der Waals surface area (Å²) in [6.07, 6.45) is 0. The van der Waals surface area contributed by atoms with Crippen LogP contribution in [-0.4, -0.2) is 22.2 Å². The van der Waals surface area contributed by atoms with E-state index in [2.05, 4.69) is 5.32 Å². The fraction of sp³-hybridized carbons (Fsp3) is 0.174. The van der Waals surface area contributed by atoms with Crippen LogP contribution in [0.1, 0.15) is 11.1 Å². The van der Waals surface area contributed by atoms with Crippen LogP contribution in [0.15, 0.2) is 57.4 Å². The number of halogens is 1. The summed E-state index contributed by atoms with van der Waals surface area (Å²) in [6.45, 7) is 3.59. The summed E-state index contributed by atoms with van der Waals surface area (Å²) in [4.78, 5) is 39.3. The topological polar surface area (TPSA) is 82.3 Å². The molecule has 0 saturated carbocycles. The van der Waals surface area contributed by atoms with Crippen LogP contribution >= 0.6 is 22.9 Å². The minimum atomic E-state index is -0.586. The number of nitrogens with one attached hydrogen (secondary N) is 1. The van der Waals surface area contributed by atoms with E-state index in [0.29, 0.717) is 32.4 Å². The molecule has 4 aromatic rings. The predicted octanol–water partition coefficient (Wildman–Crippen LogP) is 4.13. The molecular formula is C23H20ClN3O4S. The molecule has 7 nitrogen and oxygen atoms in total. The lowest BCUT2D eigenvalue weighted by Crippen LogP contribution is -2.40. The Balaban J connectivity index is 1.80. The molecular weight excluding hydrogens is 450 g/mol. The Kier molecular flexibility index (Phi) is 5.90. The molecule has 0 aliphatic carbocycles. The Morgan fingerprint density at radius 1 is 1.09 bits per heavy atom. The first-order valence-electron chi connectivity index (χ1n) is 9.74. The number of amides is 1. The minimum absolute atomic E-state index is 0.285. The molecule has 0 saturated heterocycles. The number of hydrogen-bond acceptors (Lipinski definition) is 5. The minimum Gasteiger partial charge on any atom is -0.495 e. The van der Waals surface area contributed by atoms with Gasteiger partial charge in [0.1, 0.15) is 17.0 Å². The molecule has 0 fully saturated rings. The van der Waals surface area contributed by atoms with E-state index in [4.69, 9.17) is 16.3 Å². The first-order valence-corrected chi connectivity index (χ1v) is 11.0. The molecule has 0 atom stereocenters. The first-order chi connectivity index (χ1) is 15.3. The largest absolute Gasteiger partial charge is 0.495 e. The van der Waals surface area contributed by atoms with E-state index in [1.807, 2.05) is 19.9 Å². The first kappa shape index (κ1) is 21.9. The molecule has 2 heterocycles. The lowest BCUT2D eigenvalue weighted by Gasteiger charge is -2.14. The van der Waals surface area contributed by atoms with Crippen molar-refractivity contribution in [3.8, 4) is 11.4 Å². The summed E-state index contributed by atoms with van der Waals surface area (Å²) < 4.78 is 8.07. The molecule has 1 N–H and O–H groups in total. The molecule has 9 heteroatoms. The summed E-state index contributed by atoms with van der Waals surface area (Å²) in [5, 5.41) is 4.89. The van der Waals surface area contributed by atoms with E-state index in [-0.39, 0.29) is 6.54 Å². The fourth-order valence-electron chi connectivity index (χ4n) is 3.44. The quantitative estimate of drug-likeness (QED) is 0.476. The van der Waals surface area contributed by atoms with Crippen molar-refractivity contribution in [3.63, 3.8) is 0 Å². The van der Waals surface area contributed by atoms with Crippen LogP contribution in [0.2, 0.25) is 5.02 Å². The van der Waals surface area contributed by atoms with Crippen molar-refractivity contribution in [1.29, 1.82) is 0 Å². The number of rotatable bonds is 5. The van der Waals surface area contributed by atoms with Gasteiger partial charge in [-0.05, 0) is 66.8 Å². The van der Waals surface area contributed by atoms with Crippen molar-refractivity contribution in [2.45, 2.75) is 20.4 Å². The van der Waals surface area contributed by atoms with E-state index in [9.17, 15) is 14.4 Å². The zero-order valence-corrected chi connectivity index (χ0v) is 19.2. The van der Waals surface area contributed by atoms with Crippen LogP contribution in [0.5, 0.6) is 5.75 Å². The van der Waals surface area contributed by atoms with Gasteiger partial charge in [0.05, 0.1) is 24.0 Å². The average Bonchev–Trinajstić information content (AvgIpc) is 3.24. The highest BCUT2D eigenvalue weighted by molar-refractivity contribution is 7.17. The molecule has 0 radical (unpaired) electrons. The Morgan fingerprint density at radius 3 is 2.59 bits per heavy atom. The number of nitrogens with zero attached hydrogens (tertiary/aromatic N) is 2. The van der Waals surface area contributed by atoms with E-state index in [1.165, 1.54) is 23.0 Å². The van der Waals surface area contributed by atoms with Crippen molar-refractivity contribution in [2.24, 2.45) is 0 Å². The van der Waals surface area contributed by atoms with E-state index >= 15 is 0 Å². The van der Waals surface area contributed by atoms with E-state index in [0.717, 1.165) is 15.7 Å². The second-order valence-corrected chi connectivity index (χ2v) is 8.66. The fourth-order valence-corrected chi connectivity index (χ4v) is 4.44. The van der Waals surface area contributed by atoms with Gasteiger partial charge < -0.3 is 10.1 Å². The monoisotopic (exact) mass is 469 g/mol. The van der Waals surface area contributed by atoms with Crippen LogP contribution in [0.25, 0.3) is 15.9 Å². The van der Waals surface area contributed by atoms with Crippen LogP contribution in [0.3, 0.4) is 0 Å². The highest BCUT2D eigenvalue weighted by Crippen LogP contribution is 2.27. The predicted molar refractivity (Wildman–Crippen MR) is 128 cm³/mol. The van der Waals surface area contributed by atoms with Gasteiger partial charge >= 0.3 is 5.69 Å². The Hall–Kier alpha value is -3.36. The second-order valence-electron chi connectivity index (χ2n) is 7.31. The number of carbonyl (C=O) groups excluding carboxylic acids is 1. The van der Waals surface area contributed by atoms with Crippen molar-refractivity contribution in [3.05, 3.63) is 84.8 Å². The van der Waals surface area contributed by atoms with Crippen molar-refractivity contribution in [1.82, 2.24) is 9.13 Å². The Labute approximate surface area is 192 Å². The van der Waals surface area contributed by atoms with Crippen LogP contribution in [0, 0.1) is 13.8 Å². The summed E-state index contributed by atoms with van der Waals surface area (Å²) in [6, 6.07) is 11.9. The molecule has 0 unspecified atom stereocenters. The van der Waals surface area contributed by atoms with Gasteiger partial charge in [-0.3, -0.25) is 14.2 Å². The smallest absolute Gasteiger partial charge is 0.336 e. The Bertz CT molecular complexity index is 1470. The second kappa shape index (κ2) is 8.64. The lowest BCUT2D eigenvalue weighted by molar-refractivity contribution is -0.116. The number of thiophene rings is 1. The van der Waals surface area contributed by atoms with Crippen LogP contribution in [0.4, 0.5) is 5.69 Å². The Morgan fingerprint density at radius 2 is 1.88 bits per heavy atom. The zero-order chi connectivity index (χ0) is 23.0. The summed E-state index contributed by atoms with van der Waals surface area (Å²) >= 11 is 7.27. The molecule has 4 rings (SSSR count). The number of benzene rings is 2. The molecule has 0 aliphatic heterocycles. The maximum absolute atomic E-state index is 13.4. The van der Waals surface area contributed by atoms with Gasteiger partial charge in [0.15, 0.2) is 0 Å². The number of aryl methyl sites for hydroxylation is 2. The van der Waals surface area contributed by atoms with E-state index in [1.54, 1.807) is 41.8 Å². The molecule has 32 heavy (non-hydrogen) atoms. The number of methoxy groups -OCH3 is 1. The van der Waals surface area contributed by atoms with Gasteiger partial charge in [-0.25, -0.2) is 9.36 Å². The number of ether oxygens (including phenoxy) is 1. The number of hydrogen-bond donors (Lipinski definition) is 1.